The highest BCUT2D eigenvalue weighted by Crippen LogP contribution is 2.08. The smallest absolute Gasteiger partial charge is 0.251 e. The van der Waals surface area contributed by atoms with Crippen LogP contribution in [0, 0.1) is 0 Å². The Morgan fingerprint density at radius 3 is 2.26 bits per heavy atom. The molecule has 0 bridgehead atoms. The molecule has 6 nitrogen and oxygen atoms in total. The third-order valence-corrected chi connectivity index (χ3v) is 5.61. The van der Waals surface area contributed by atoms with Crippen molar-refractivity contribution in [2.45, 2.75) is 26.3 Å². The molecule has 1 fully saturated rings. The van der Waals surface area contributed by atoms with Crippen LogP contribution >= 0.6 is 0 Å². The number of carbonyl (C=O) groups is 2. The maximum atomic E-state index is 12.3. The maximum Gasteiger partial charge on any atom is 0.251 e. The SMILES string of the molecule is CCc1ccc(C(=O)N[C@@H](C)C(=O)N2CCS(=O)(=O)CC2)cc1. The van der Waals surface area contributed by atoms with Gasteiger partial charge in [-0.3, -0.25) is 9.59 Å². The lowest BCUT2D eigenvalue weighted by atomic mass is 10.1. The van der Waals surface area contributed by atoms with Crippen LogP contribution < -0.4 is 5.32 Å². The summed E-state index contributed by atoms with van der Waals surface area (Å²) in [6.07, 6.45) is 0.897. The molecule has 0 aromatic heterocycles. The van der Waals surface area contributed by atoms with E-state index in [9.17, 15) is 18.0 Å². The monoisotopic (exact) mass is 338 g/mol. The van der Waals surface area contributed by atoms with Gasteiger partial charge in [-0.25, -0.2) is 8.42 Å². The van der Waals surface area contributed by atoms with Crippen LogP contribution in [0.4, 0.5) is 0 Å². The van der Waals surface area contributed by atoms with Gasteiger partial charge in [-0.15, -0.1) is 0 Å². The molecule has 0 unspecified atom stereocenters. The number of carbonyl (C=O) groups excluding carboxylic acids is 2. The summed E-state index contributed by atoms with van der Waals surface area (Å²) in [5.74, 6) is -0.591. The number of nitrogens with one attached hydrogen (secondary N) is 1. The lowest BCUT2D eigenvalue weighted by molar-refractivity contribution is -0.132. The standard InChI is InChI=1S/C16H22N2O4S/c1-3-13-4-6-14(7-5-13)15(19)17-12(2)16(20)18-8-10-23(21,22)11-9-18/h4-7,12H,3,8-11H2,1-2H3,(H,17,19)/t12-/m0/s1. The number of amides is 2. The van der Waals surface area contributed by atoms with Gasteiger partial charge >= 0.3 is 0 Å². The highest BCUT2D eigenvalue weighted by atomic mass is 32.2. The fraction of sp³-hybridized carbons (Fsp3) is 0.500. The van der Waals surface area contributed by atoms with E-state index >= 15 is 0 Å². The van der Waals surface area contributed by atoms with Crippen LogP contribution in [0.3, 0.4) is 0 Å². The number of rotatable bonds is 4. The topological polar surface area (TPSA) is 83.6 Å². The van der Waals surface area contributed by atoms with Crippen LogP contribution in [-0.2, 0) is 21.1 Å². The minimum Gasteiger partial charge on any atom is -0.341 e. The minimum atomic E-state index is -3.03. The van der Waals surface area contributed by atoms with Crippen molar-refractivity contribution < 1.29 is 18.0 Å². The van der Waals surface area contributed by atoms with E-state index in [1.807, 2.05) is 19.1 Å². The fourth-order valence-corrected chi connectivity index (χ4v) is 3.64. The number of aryl methyl sites for hydroxylation is 1. The summed E-state index contributed by atoms with van der Waals surface area (Å²) < 4.78 is 22.8. The zero-order chi connectivity index (χ0) is 17.0. The Labute approximate surface area is 136 Å². The summed E-state index contributed by atoms with van der Waals surface area (Å²) in [6.45, 7) is 4.03. The number of nitrogens with zero attached hydrogens (tertiary/aromatic N) is 1. The average molecular weight is 338 g/mol. The number of hydrogen-bond acceptors (Lipinski definition) is 4. The molecule has 0 radical (unpaired) electrons. The van der Waals surface area contributed by atoms with E-state index in [2.05, 4.69) is 5.32 Å². The quantitative estimate of drug-likeness (QED) is 0.872. The Kier molecular flexibility index (Phi) is 5.41. The van der Waals surface area contributed by atoms with E-state index in [1.165, 1.54) is 4.90 Å². The van der Waals surface area contributed by atoms with Gasteiger partial charge in [-0.1, -0.05) is 19.1 Å². The van der Waals surface area contributed by atoms with E-state index in [0.29, 0.717) is 5.56 Å². The Morgan fingerprint density at radius 2 is 1.74 bits per heavy atom. The predicted molar refractivity (Wildman–Crippen MR) is 88.0 cm³/mol. The molecule has 2 amide bonds. The van der Waals surface area contributed by atoms with Gasteiger partial charge in [0.25, 0.3) is 5.91 Å². The van der Waals surface area contributed by atoms with Crippen LogP contribution in [0.15, 0.2) is 24.3 Å². The molecule has 23 heavy (non-hydrogen) atoms. The van der Waals surface area contributed by atoms with Crippen LogP contribution in [0.1, 0.15) is 29.8 Å². The molecule has 0 aliphatic carbocycles. The number of hydrogen-bond donors (Lipinski definition) is 1. The molecule has 2 rings (SSSR count). The second kappa shape index (κ2) is 7.12. The summed E-state index contributed by atoms with van der Waals surface area (Å²) in [5.41, 5.74) is 1.64. The molecular formula is C16H22N2O4S. The second-order valence-corrected chi connectivity index (χ2v) is 8.03. The second-order valence-electron chi connectivity index (χ2n) is 5.72. The maximum absolute atomic E-state index is 12.3. The van der Waals surface area contributed by atoms with Gasteiger partial charge in [-0.05, 0) is 31.0 Å². The van der Waals surface area contributed by atoms with Crippen LogP contribution in [0.25, 0.3) is 0 Å². The molecule has 1 saturated heterocycles. The molecule has 1 aromatic carbocycles. The minimum absolute atomic E-state index is 0.0160. The van der Waals surface area contributed by atoms with Crippen molar-refractivity contribution in [1.29, 1.82) is 0 Å². The highest BCUT2D eigenvalue weighted by Gasteiger charge is 2.28. The zero-order valence-electron chi connectivity index (χ0n) is 13.4. The normalized spacial score (nSPS) is 18.3. The molecule has 1 aliphatic rings. The third-order valence-electron chi connectivity index (χ3n) is 4.00. The van der Waals surface area contributed by atoms with Gasteiger partial charge in [0.15, 0.2) is 9.84 Å². The molecule has 1 heterocycles. The van der Waals surface area contributed by atoms with Crippen molar-refractivity contribution in [3.05, 3.63) is 35.4 Å². The molecule has 7 heteroatoms. The van der Waals surface area contributed by atoms with Crippen molar-refractivity contribution in [1.82, 2.24) is 10.2 Å². The van der Waals surface area contributed by atoms with Crippen LogP contribution in [0.2, 0.25) is 0 Å². The first kappa shape index (κ1) is 17.5. The molecule has 0 spiro atoms. The van der Waals surface area contributed by atoms with Crippen molar-refractivity contribution >= 4 is 21.7 Å². The van der Waals surface area contributed by atoms with Crippen LogP contribution in [0.5, 0.6) is 0 Å². The lowest BCUT2D eigenvalue weighted by Gasteiger charge is -2.29. The van der Waals surface area contributed by atoms with Gasteiger partial charge in [0, 0.05) is 18.7 Å². The summed E-state index contributed by atoms with van der Waals surface area (Å²) in [7, 11) is -3.03. The lowest BCUT2D eigenvalue weighted by Crippen LogP contribution is -2.51. The van der Waals surface area contributed by atoms with E-state index < -0.39 is 15.9 Å². The van der Waals surface area contributed by atoms with Gasteiger partial charge in [0.2, 0.25) is 5.91 Å². The summed E-state index contributed by atoms with van der Waals surface area (Å²) in [5, 5.41) is 2.67. The molecule has 1 N–H and O–H groups in total. The largest absolute Gasteiger partial charge is 0.341 e. The van der Waals surface area contributed by atoms with E-state index in [1.54, 1.807) is 19.1 Å². The molecule has 1 aromatic rings. The van der Waals surface area contributed by atoms with Crippen LogP contribution in [-0.4, -0.2) is 55.8 Å². The van der Waals surface area contributed by atoms with E-state index in [-0.39, 0.29) is 36.4 Å². The molecule has 0 saturated carbocycles. The van der Waals surface area contributed by atoms with Crippen molar-refractivity contribution in [2.75, 3.05) is 24.6 Å². The average Bonchev–Trinajstić information content (AvgIpc) is 2.54. The first-order chi connectivity index (χ1) is 10.8. The highest BCUT2D eigenvalue weighted by molar-refractivity contribution is 7.91. The summed E-state index contributed by atoms with van der Waals surface area (Å²) in [6, 6.07) is 6.56. The van der Waals surface area contributed by atoms with Crippen molar-refractivity contribution in [3.63, 3.8) is 0 Å². The van der Waals surface area contributed by atoms with E-state index in [0.717, 1.165) is 12.0 Å². The van der Waals surface area contributed by atoms with Crippen molar-refractivity contribution in [2.24, 2.45) is 0 Å². The van der Waals surface area contributed by atoms with Gasteiger partial charge in [0.05, 0.1) is 11.5 Å². The molecule has 1 atom stereocenters. The van der Waals surface area contributed by atoms with E-state index in [4.69, 9.17) is 0 Å². The summed E-state index contributed by atoms with van der Waals surface area (Å²) >= 11 is 0. The predicted octanol–water partition coefficient (Wildman–Crippen LogP) is 0.624. The molecule has 1 aliphatic heterocycles. The Hall–Kier alpha value is -1.89. The van der Waals surface area contributed by atoms with Gasteiger partial charge in [-0.2, -0.15) is 0 Å². The number of sulfone groups is 1. The first-order valence-electron chi connectivity index (χ1n) is 7.71. The Bertz CT molecular complexity index is 669. The zero-order valence-corrected chi connectivity index (χ0v) is 14.2. The first-order valence-corrected chi connectivity index (χ1v) is 9.53. The Morgan fingerprint density at radius 1 is 1.17 bits per heavy atom. The van der Waals surface area contributed by atoms with Crippen molar-refractivity contribution in [3.8, 4) is 0 Å². The molecular weight excluding hydrogens is 316 g/mol. The number of benzene rings is 1. The third kappa shape index (κ3) is 4.54. The fourth-order valence-electron chi connectivity index (χ4n) is 2.44. The summed E-state index contributed by atoms with van der Waals surface area (Å²) in [4.78, 5) is 26.0. The molecule has 126 valence electrons. The van der Waals surface area contributed by atoms with Gasteiger partial charge < -0.3 is 10.2 Å². The van der Waals surface area contributed by atoms with Gasteiger partial charge in [0.1, 0.15) is 6.04 Å². The Balaban J connectivity index is 1.93.